The van der Waals surface area contributed by atoms with E-state index in [1.165, 1.54) is 18.9 Å². The highest BCUT2D eigenvalue weighted by atomic mass is 32.2. The third kappa shape index (κ3) is 4.21. The Bertz CT molecular complexity index is 910. The molecule has 6 heteroatoms. The summed E-state index contributed by atoms with van der Waals surface area (Å²) in [7, 11) is 1.34. The minimum absolute atomic E-state index is 0.185. The lowest BCUT2D eigenvalue weighted by Gasteiger charge is -2.01. The van der Waals surface area contributed by atoms with E-state index in [9.17, 15) is 9.59 Å². The topological polar surface area (TPSA) is 67.8 Å². The van der Waals surface area contributed by atoms with E-state index in [0.29, 0.717) is 15.6 Å². The van der Waals surface area contributed by atoms with Gasteiger partial charge in [-0.3, -0.25) is 4.79 Å². The van der Waals surface area contributed by atoms with Crippen molar-refractivity contribution in [2.45, 2.75) is 13.8 Å². The molecule has 1 N–H and O–H groups in total. The van der Waals surface area contributed by atoms with E-state index < -0.39 is 0 Å². The average Bonchev–Trinajstić information content (AvgIpc) is 2.93. The number of nitrogens with one attached hydrogen (secondary N) is 1. The molecule has 0 bridgehead atoms. The number of carbonyl (C=O) groups excluding carboxylic acids is 2. The van der Waals surface area contributed by atoms with E-state index >= 15 is 0 Å². The van der Waals surface area contributed by atoms with Crippen LogP contribution in [0.25, 0.3) is 6.08 Å². The SMILES string of the molecule is COC(=O)c1ccc(C=C2SC(=Nc3cc(C)cc(C)c3)NC2=O)cc1. The summed E-state index contributed by atoms with van der Waals surface area (Å²) in [6, 6.07) is 12.9. The summed E-state index contributed by atoms with van der Waals surface area (Å²) >= 11 is 1.29. The number of carbonyl (C=O) groups is 2. The van der Waals surface area contributed by atoms with Gasteiger partial charge in [-0.1, -0.05) is 18.2 Å². The number of hydrogen-bond donors (Lipinski definition) is 1. The molecule has 2 aromatic rings. The summed E-state index contributed by atoms with van der Waals surface area (Å²) in [5.74, 6) is -0.574. The molecule has 0 aliphatic carbocycles. The number of thioether (sulfide) groups is 1. The predicted molar refractivity (Wildman–Crippen MR) is 105 cm³/mol. The molecule has 3 rings (SSSR count). The number of aryl methyl sites for hydroxylation is 2. The fourth-order valence-corrected chi connectivity index (χ4v) is 3.44. The molecule has 0 spiro atoms. The molecule has 1 saturated heterocycles. The molecular formula is C20H18N2O3S. The van der Waals surface area contributed by atoms with Crippen molar-refractivity contribution in [3.63, 3.8) is 0 Å². The molecule has 26 heavy (non-hydrogen) atoms. The summed E-state index contributed by atoms with van der Waals surface area (Å²) < 4.78 is 4.68. The Morgan fingerprint density at radius 2 is 1.77 bits per heavy atom. The average molecular weight is 366 g/mol. The Kier molecular flexibility index (Phi) is 5.23. The molecule has 0 unspecified atom stereocenters. The van der Waals surface area contributed by atoms with E-state index in [2.05, 4.69) is 21.1 Å². The first kappa shape index (κ1) is 17.9. The standard InChI is InChI=1S/C20H18N2O3S/c1-12-8-13(2)10-16(9-12)21-20-22-18(23)17(26-20)11-14-4-6-15(7-5-14)19(24)25-3/h4-11H,1-3H3,(H,21,22,23). The Balaban J connectivity index is 1.80. The molecule has 1 fully saturated rings. The summed E-state index contributed by atoms with van der Waals surface area (Å²) in [6.07, 6.45) is 1.77. The van der Waals surface area contributed by atoms with E-state index in [-0.39, 0.29) is 11.9 Å². The third-order valence-corrected chi connectivity index (χ3v) is 4.63. The van der Waals surface area contributed by atoms with Crippen LogP contribution in [0.3, 0.4) is 0 Å². The first-order valence-electron chi connectivity index (χ1n) is 8.01. The van der Waals surface area contributed by atoms with Crippen molar-refractivity contribution in [2.24, 2.45) is 4.99 Å². The zero-order chi connectivity index (χ0) is 18.7. The summed E-state index contributed by atoms with van der Waals surface area (Å²) in [5.41, 5.74) is 4.35. The van der Waals surface area contributed by atoms with Crippen LogP contribution in [-0.4, -0.2) is 24.2 Å². The number of amidine groups is 1. The second-order valence-electron chi connectivity index (χ2n) is 5.94. The number of esters is 1. The Hall–Kier alpha value is -2.86. The van der Waals surface area contributed by atoms with Crippen LogP contribution < -0.4 is 5.32 Å². The van der Waals surface area contributed by atoms with Crippen molar-refractivity contribution in [3.05, 3.63) is 69.6 Å². The first-order valence-corrected chi connectivity index (χ1v) is 8.82. The van der Waals surface area contributed by atoms with Gasteiger partial charge in [0.1, 0.15) is 0 Å². The van der Waals surface area contributed by atoms with Crippen molar-refractivity contribution in [2.75, 3.05) is 7.11 Å². The minimum Gasteiger partial charge on any atom is -0.465 e. The molecule has 0 atom stereocenters. The van der Waals surface area contributed by atoms with Crippen LogP contribution in [0.4, 0.5) is 5.69 Å². The normalized spacial score (nSPS) is 16.8. The van der Waals surface area contributed by atoms with Crippen LogP contribution in [0.2, 0.25) is 0 Å². The quantitative estimate of drug-likeness (QED) is 0.659. The maximum atomic E-state index is 12.2. The number of nitrogens with zero attached hydrogens (tertiary/aromatic N) is 1. The number of methoxy groups -OCH3 is 1. The lowest BCUT2D eigenvalue weighted by Crippen LogP contribution is -2.19. The molecule has 1 heterocycles. The summed E-state index contributed by atoms with van der Waals surface area (Å²) in [5, 5.41) is 3.34. The van der Waals surface area contributed by atoms with Gasteiger partial charge < -0.3 is 10.1 Å². The lowest BCUT2D eigenvalue weighted by atomic mass is 10.1. The number of amides is 1. The third-order valence-electron chi connectivity index (χ3n) is 3.72. The van der Waals surface area contributed by atoms with Gasteiger partial charge in [0.15, 0.2) is 5.17 Å². The van der Waals surface area contributed by atoms with E-state index in [0.717, 1.165) is 22.4 Å². The van der Waals surface area contributed by atoms with Crippen molar-refractivity contribution >= 4 is 40.6 Å². The number of hydrogen-bond acceptors (Lipinski definition) is 5. The van der Waals surface area contributed by atoms with Gasteiger partial charge in [-0.05, 0) is 72.6 Å². The number of rotatable bonds is 3. The van der Waals surface area contributed by atoms with Crippen LogP contribution in [-0.2, 0) is 9.53 Å². The Morgan fingerprint density at radius 1 is 1.12 bits per heavy atom. The van der Waals surface area contributed by atoms with Gasteiger partial charge in [0.2, 0.25) is 0 Å². The highest BCUT2D eigenvalue weighted by Crippen LogP contribution is 2.28. The Morgan fingerprint density at radius 3 is 2.38 bits per heavy atom. The van der Waals surface area contributed by atoms with Crippen LogP contribution in [0.15, 0.2) is 52.4 Å². The van der Waals surface area contributed by atoms with Gasteiger partial charge in [-0.2, -0.15) is 0 Å². The highest BCUT2D eigenvalue weighted by molar-refractivity contribution is 8.18. The minimum atomic E-state index is -0.389. The van der Waals surface area contributed by atoms with Gasteiger partial charge in [0, 0.05) is 0 Å². The first-order chi connectivity index (χ1) is 12.4. The monoisotopic (exact) mass is 366 g/mol. The lowest BCUT2D eigenvalue weighted by molar-refractivity contribution is -0.115. The maximum Gasteiger partial charge on any atom is 0.337 e. The van der Waals surface area contributed by atoms with Crippen molar-refractivity contribution in [3.8, 4) is 0 Å². The van der Waals surface area contributed by atoms with Gasteiger partial charge in [0.25, 0.3) is 5.91 Å². The van der Waals surface area contributed by atoms with Crippen LogP contribution in [0, 0.1) is 13.8 Å². The molecule has 0 aromatic heterocycles. The van der Waals surface area contributed by atoms with E-state index in [4.69, 9.17) is 0 Å². The summed E-state index contributed by atoms with van der Waals surface area (Å²) in [6.45, 7) is 4.03. The van der Waals surface area contributed by atoms with E-state index in [1.54, 1.807) is 30.3 Å². The molecular weight excluding hydrogens is 348 g/mol. The molecule has 5 nitrogen and oxygen atoms in total. The highest BCUT2D eigenvalue weighted by Gasteiger charge is 2.23. The molecule has 0 radical (unpaired) electrons. The second-order valence-corrected chi connectivity index (χ2v) is 6.97. The van der Waals surface area contributed by atoms with E-state index in [1.807, 2.05) is 26.0 Å². The molecule has 0 saturated carbocycles. The van der Waals surface area contributed by atoms with Crippen LogP contribution in [0.5, 0.6) is 0 Å². The molecule has 1 aliphatic rings. The number of benzene rings is 2. The largest absolute Gasteiger partial charge is 0.465 e. The van der Waals surface area contributed by atoms with Gasteiger partial charge >= 0.3 is 5.97 Å². The fourth-order valence-electron chi connectivity index (χ4n) is 2.60. The van der Waals surface area contributed by atoms with Gasteiger partial charge in [-0.25, -0.2) is 9.79 Å². The molecule has 132 valence electrons. The zero-order valence-corrected chi connectivity index (χ0v) is 15.5. The van der Waals surface area contributed by atoms with Crippen molar-refractivity contribution in [1.29, 1.82) is 0 Å². The predicted octanol–water partition coefficient (Wildman–Crippen LogP) is 3.98. The summed E-state index contributed by atoms with van der Waals surface area (Å²) in [4.78, 5) is 28.7. The number of aliphatic imine (C=N–C) groups is 1. The zero-order valence-electron chi connectivity index (χ0n) is 14.7. The second kappa shape index (κ2) is 7.58. The smallest absolute Gasteiger partial charge is 0.337 e. The Labute approximate surface area is 156 Å². The van der Waals surface area contributed by atoms with Gasteiger partial charge in [-0.15, -0.1) is 0 Å². The molecule has 2 aromatic carbocycles. The van der Waals surface area contributed by atoms with Crippen LogP contribution >= 0.6 is 11.8 Å². The van der Waals surface area contributed by atoms with Crippen LogP contribution in [0.1, 0.15) is 27.0 Å². The number of ether oxygens (including phenoxy) is 1. The van der Waals surface area contributed by atoms with Crippen molar-refractivity contribution < 1.29 is 14.3 Å². The molecule has 1 aliphatic heterocycles. The van der Waals surface area contributed by atoms with Gasteiger partial charge in [0.05, 0.1) is 23.3 Å². The maximum absolute atomic E-state index is 12.2. The van der Waals surface area contributed by atoms with Crippen molar-refractivity contribution in [1.82, 2.24) is 5.32 Å². The molecule has 1 amide bonds. The fraction of sp³-hybridized carbons (Fsp3) is 0.150.